The van der Waals surface area contributed by atoms with Crippen molar-refractivity contribution in [3.8, 4) is 5.75 Å². The molecule has 0 bridgehead atoms. The highest BCUT2D eigenvalue weighted by atomic mass is 19.1. The smallest absolute Gasteiger partial charge is 0.335 e. The fourth-order valence-corrected chi connectivity index (χ4v) is 4.81. The number of ether oxygens (including phenoxy) is 3. The molecule has 1 aliphatic heterocycles. The minimum atomic E-state index is -0.825. The molecule has 1 N–H and O–H groups in total. The molecule has 2 aromatic carbocycles. The van der Waals surface area contributed by atoms with Crippen molar-refractivity contribution in [2.45, 2.75) is 32.4 Å². The average Bonchev–Trinajstić information content (AvgIpc) is 3.29. The van der Waals surface area contributed by atoms with E-state index in [2.05, 4.69) is 5.32 Å². The first kappa shape index (κ1) is 26.0. The Labute approximate surface area is 209 Å². The van der Waals surface area contributed by atoms with Crippen LogP contribution in [0.1, 0.15) is 29.8 Å². The number of hydrogen-bond acceptors (Lipinski definition) is 6. The van der Waals surface area contributed by atoms with Gasteiger partial charge in [0.1, 0.15) is 24.0 Å². The molecule has 2 unspecified atom stereocenters. The predicted molar refractivity (Wildman–Crippen MR) is 129 cm³/mol. The van der Waals surface area contributed by atoms with E-state index in [1.54, 1.807) is 11.8 Å². The first-order valence-corrected chi connectivity index (χ1v) is 12.4. The van der Waals surface area contributed by atoms with E-state index < -0.39 is 17.7 Å². The molecule has 1 saturated heterocycles. The fourth-order valence-electron chi connectivity index (χ4n) is 4.81. The molecular weight excluding hydrogens is 470 g/mol. The average molecular weight is 503 g/mol. The third kappa shape index (κ3) is 6.20. The Balaban J connectivity index is 1.15. The third-order valence-electron chi connectivity index (χ3n) is 6.66. The number of halogens is 2. The number of fused-ring (bicyclic) bond motifs is 1. The summed E-state index contributed by atoms with van der Waals surface area (Å²) in [6.45, 7) is 6.64. The van der Waals surface area contributed by atoms with E-state index in [1.165, 1.54) is 6.07 Å². The first-order valence-electron chi connectivity index (χ1n) is 12.4. The summed E-state index contributed by atoms with van der Waals surface area (Å²) in [5.41, 5.74) is 0.869. The maximum absolute atomic E-state index is 13.9. The molecule has 1 amide bonds. The van der Waals surface area contributed by atoms with Crippen LogP contribution in [-0.2, 0) is 20.7 Å². The van der Waals surface area contributed by atoms with Crippen molar-refractivity contribution < 1.29 is 32.6 Å². The van der Waals surface area contributed by atoms with Crippen LogP contribution in [-0.4, -0.2) is 68.4 Å². The number of rotatable bonds is 12. The van der Waals surface area contributed by atoms with Crippen LogP contribution in [0.5, 0.6) is 5.75 Å². The zero-order valence-electron chi connectivity index (χ0n) is 20.5. The molecule has 1 saturated carbocycles. The van der Waals surface area contributed by atoms with Crippen molar-refractivity contribution >= 4 is 11.9 Å². The van der Waals surface area contributed by atoms with Gasteiger partial charge in [0, 0.05) is 44.8 Å². The number of carbonyl (C=O) groups excluding carboxylic acids is 2. The van der Waals surface area contributed by atoms with Gasteiger partial charge in [0.15, 0.2) is 6.10 Å². The fraction of sp³-hybridized carbons (Fsp3) is 0.481. The number of nitrogens with one attached hydrogen (secondary N) is 1. The Kier molecular flexibility index (Phi) is 8.53. The molecule has 2 aromatic rings. The van der Waals surface area contributed by atoms with Crippen LogP contribution in [0.2, 0.25) is 0 Å². The normalized spacial score (nSPS) is 21.1. The lowest BCUT2D eigenvalue weighted by Crippen LogP contribution is -2.36. The van der Waals surface area contributed by atoms with Gasteiger partial charge in [-0.25, -0.2) is 13.6 Å². The van der Waals surface area contributed by atoms with E-state index >= 15 is 0 Å². The molecule has 2 aliphatic rings. The molecule has 0 radical (unpaired) electrons. The van der Waals surface area contributed by atoms with Crippen LogP contribution in [0.25, 0.3) is 0 Å². The summed E-state index contributed by atoms with van der Waals surface area (Å²) in [6, 6.07) is 10.9. The minimum Gasteiger partial charge on any atom is -0.492 e. The summed E-state index contributed by atoms with van der Waals surface area (Å²) >= 11 is 0. The zero-order valence-corrected chi connectivity index (χ0v) is 20.5. The predicted octanol–water partition coefficient (Wildman–Crippen LogP) is 3.21. The van der Waals surface area contributed by atoms with E-state index in [4.69, 9.17) is 14.2 Å². The topological polar surface area (TPSA) is 77.1 Å². The number of esters is 1. The molecule has 2 fully saturated rings. The minimum absolute atomic E-state index is 0.0871. The van der Waals surface area contributed by atoms with Gasteiger partial charge in [-0.3, -0.25) is 4.79 Å². The van der Waals surface area contributed by atoms with Crippen molar-refractivity contribution in [1.29, 1.82) is 0 Å². The first-order chi connectivity index (χ1) is 17.4. The van der Waals surface area contributed by atoms with Crippen LogP contribution in [0.3, 0.4) is 0 Å². The molecular formula is C27H32F2N2O5. The second-order valence-electron chi connectivity index (χ2n) is 9.03. The van der Waals surface area contributed by atoms with Gasteiger partial charge in [0.2, 0.25) is 0 Å². The summed E-state index contributed by atoms with van der Waals surface area (Å²) in [7, 11) is 0. The number of nitrogens with zero attached hydrogens (tertiary/aromatic N) is 1. The summed E-state index contributed by atoms with van der Waals surface area (Å²) in [5, 5.41) is 3.47. The lowest BCUT2D eigenvalue weighted by atomic mass is 10.1. The monoisotopic (exact) mass is 502 g/mol. The largest absolute Gasteiger partial charge is 0.492 e. The van der Waals surface area contributed by atoms with Crippen molar-refractivity contribution in [2.24, 2.45) is 11.8 Å². The molecule has 36 heavy (non-hydrogen) atoms. The second kappa shape index (κ2) is 11.8. The molecule has 0 spiro atoms. The summed E-state index contributed by atoms with van der Waals surface area (Å²) < 4.78 is 43.4. The number of carbonyl (C=O) groups is 2. The molecule has 0 aromatic heterocycles. The van der Waals surface area contributed by atoms with Crippen LogP contribution in [0.15, 0.2) is 42.5 Å². The number of piperidine rings is 1. The SMILES string of the molecule is CCOC(=O)[C@H](Cc1ccc(OCCNC2C3CN(C(=O)c4ccc(F)cc4F)C[C@@H]32)cc1)OCC. The maximum atomic E-state index is 13.9. The van der Waals surface area contributed by atoms with Gasteiger partial charge >= 0.3 is 5.97 Å². The standard InChI is InChI=1S/C27H32F2N2O5/c1-3-34-24(27(33)35-4-2)13-17-5-8-19(9-6-17)36-12-11-30-25-21-15-31(16-22(21)25)26(32)20-10-7-18(28)14-23(20)29/h5-10,14,21-22,24-25,30H,3-4,11-13,15-16H2,1-2H3/t21-,22?,24-,25?/m0/s1. The molecule has 4 rings (SSSR count). The Morgan fingerprint density at radius 3 is 2.42 bits per heavy atom. The molecule has 1 aliphatic carbocycles. The van der Waals surface area contributed by atoms with Crippen LogP contribution >= 0.6 is 0 Å². The number of likely N-dealkylation sites (tertiary alicyclic amines) is 1. The highest BCUT2D eigenvalue weighted by Gasteiger charge is 2.56. The van der Waals surface area contributed by atoms with E-state index in [-0.39, 0.29) is 17.4 Å². The Morgan fingerprint density at radius 1 is 1.06 bits per heavy atom. The quantitative estimate of drug-likeness (QED) is 0.355. The van der Waals surface area contributed by atoms with Gasteiger partial charge in [-0.15, -0.1) is 0 Å². The van der Waals surface area contributed by atoms with Crippen LogP contribution < -0.4 is 10.1 Å². The molecule has 1 heterocycles. The van der Waals surface area contributed by atoms with Gasteiger partial charge in [0.25, 0.3) is 5.91 Å². The van der Waals surface area contributed by atoms with E-state index in [0.29, 0.717) is 63.8 Å². The second-order valence-corrected chi connectivity index (χ2v) is 9.03. The van der Waals surface area contributed by atoms with Crippen molar-refractivity contribution in [1.82, 2.24) is 10.2 Å². The Bertz CT molecular complexity index is 1050. The van der Waals surface area contributed by atoms with Crippen molar-refractivity contribution in [3.05, 3.63) is 65.2 Å². The maximum Gasteiger partial charge on any atom is 0.335 e. The van der Waals surface area contributed by atoms with Gasteiger partial charge in [-0.05, 0) is 55.5 Å². The lowest BCUT2D eigenvalue weighted by Gasteiger charge is -2.20. The Morgan fingerprint density at radius 2 is 1.78 bits per heavy atom. The zero-order chi connectivity index (χ0) is 25.7. The molecule has 194 valence electrons. The van der Waals surface area contributed by atoms with E-state index in [9.17, 15) is 18.4 Å². The van der Waals surface area contributed by atoms with Crippen molar-refractivity contribution in [2.75, 3.05) is 39.5 Å². The molecule has 9 heteroatoms. The highest BCUT2D eigenvalue weighted by molar-refractivity contribution is 5.94. The lowest BCUT2D eigenvalue weighted by molar-refractivity contribution is -0.156. The van der Waals surface area contributed by atoms with Gasteiger partial charge in [-0.2, -0.15) is 0 Å². The summed E-state index contributed by atoms with van der Waals surface area (Å²) in [4.78, 5) is 26.2. The number of amides is 1. The highest BCUT2D eigenvalue weighted by Crippen LogP contribution is 2.45. The van der Waals surface area contributed by atoms with Gasteiger partial charge in [-0.1, -0.05) is 12.1 Å². The van der Waals surface area contributed by atoms with Gasteiger partial charge < -0.3 is 24.4 Å². The van der Waals surface area contributed by atoms with Crippen molar-refractivity contribution in [3.63, 3.8) is 0 Å². The summed E-state index contributed by atoms with van der Waals surface area (Å²) in [6.07, 6.45) is -0.184. The third-order valence-corrected chi connectivity index (χ3v) is 6.66. The Hall–Kier alpha value is -3.04. The molecule has 4 atom stereocenters. The molecule has 7 nitrogen and oxygen atoms in total. The van der Waals surface area contributed by atoms with Crippen LogP contribution in [0, 0.1) is 23.5 Å². The summed E-state index contributed by atoms with van der Waals surface area (Å²) in [5.74, 6) is -0.846. The van der Waals surface area contributed by atoms with E-state index in [1.807, 2.05) is 31.2 Å². The number of benzene rings is 2. The van der Waals surface area contributed by atoms with Gasteiger partial charge in [0.05, 0.1) is 12.2 Å². The van der Waals surface area contributed by atoms with E-state index in [0.717, 1.165) is 23.4 Å². The number of hydrogen-bond donors (Lipinski definition) is 1. The van der Waals surface area contributed by atoms with Crippen LogP contribution in [0.4, 0.5) is 8.78 Å².